The van der Waals surface area contributed by atoms with Crippen molar-refractivity contribution < 1.29 is 14.1 Å². The van der Waals surface area contributed by atoms with E-state index in [2.05, 4.69) is 10.5 Å². The minimum atomic E-state index is -0.486. The van der Waals surface area contributed by atoms with E-state index >= 15 is 0 Å². The van der Waals surface area contributed by atoms with E-state index in [9.17, 15) is 14.9 Å². The van der Waals surface area contributed by atoms with Crippen molar-refractivity contribution in [3.8, 4) is 0 Å². The number of nitro benzene ring substituents is 1. The van der Waals surface area contributed by atoms with Crippen LogP contribution in [0.2, 0.25) is 0 Å². The van der Waals surface area contributed by atoms with Crippen LogP contribution < -0.4 is 5.43 Å². The number of benzene rings is 2. The number of furan rings is 1. The van der Waals surface area contributed by atoms with Crippen molar-refractivity contribution in [3.05, 3.63) is 100.0 Å². The van der Waals surface area contributed by atoms with Crippen molar-refractivity contribution in [2.75, 3.05) is 0 Å². The van der Waals surface area contributed by atoms with E-state index < -0.39 is 10.8 Å². The van der Waals surface area contributed by atoms with E-state index in [1.165, 1.54) is 24.5 Å². The Labute approximate surface area is 142 Å². The van der Waals surface area contributed by atoms with E-state index in [1.807, 2.05) is 30.3 Å². The first kappa shape index (κ1) is 16.1. The maximum Gasteiger partial charge on any atom is 0.307 e. The number of hydrogen-bond donors (Lipinski definition) is 1. The van der Waals surface area contributed by atoms with Crippen LogP contribution >= 0.6 is 0 Å². The molecule has 0 saturated carbocycles. The van der Waals surface area contributed by atoms with Crippen LogP contribution in [0, 0.1) is 10.1 Å². The number of nitro groups is 1. The van der Waals surface area contributed by atoms with Crippen molar-refractivity contribution in [1.29, 1.82) is 0 Å². The normalized spacial score (nSPS) is 11.1. The van der Waals surface area contributed by atoms with Crippen LogP contribution in [0.15, 0.2) is 82.5 Å². The molecular formula is C18H13N3O4. The highest BCUT2D eigenvalue weighted by Crippen LogP contribution is 2.16. The fourth-order valence-corrected chi connectivity index (χ4v) is 2.20. The summed E-state index contributed by atoms with van der Waals surface area (Å²) >= 11 is 0. The van der Waals surface area contributed by atoms with Crippen LogP contribution in [-0.4, -0.2) is 16.5 Å². The minimum Gasteiger partial charge on any atom is -0.459 e. The molecule has 124 valence electrons. The molecular weight excluding hydrogens is 322 g/mol. The van der Waals surface area contributed by atoms with Gasteiger partial charge in [0.2, 0.25) is 0 Å². The Kier molecular flexibility index (Phi) is 4.66. The summed E-state index contributed by atoms with van der Waals surface area (Å²) in [5.74, 6) is -0.347. The van der Waals surface area contributed by atoms with E-state index in [0.29, 0.717) is 11.3 Å². The molecule has 0 saturated heterocycles. The van der Waals surface area contributed by atoms with Gasteiger partial charge >= 0.3 is 5.91 Å². The molecule has 1 amide bonds. The fraction of sp³-hybridized carbons (Fsp3) is 0. The molecule has 0 spiro atoms. The Morgan fingerprint density at radius 2 is 1.64 bits per heavy atom. The minimum absolute atomic E-state index is 0.0178. The van der Waals surface area contributed by atoms with Gasteiger partial charge in [0, 0.05) is 23.3 Å². The molecule has 2 aromatic carbocycles. The maximum absolute atomic E-state index is 12.0. The van der Waals surface area contributed by atoms with Crippen molar-refractivity contribution in [2.24, 2.45) is 5.10 Å². The summed E-state index contributed by atoms with van der Waals surface area (Å²) in [4.78, 5) is 22.4. The molecule has 7 nitrogen and oxygen atoms in total. The highest BCUT2D eigenvalue weighted by Gasteiger charge is 2.12. The summed E-state index contributed by atoms with van der Waals surface area (Å²) in [6.07, 6.45) is 1.40. The van der Waals surface area contributed by atoms with Crippen LogP contribution in [-0.2, 0) is 0 Å². The number of carbonyl (C=O) groups is 1. The lowest BCUT2D eigenvalue weighted by Gasteiger charge is -2.07. The molecule has 0 aliphatic rings. The zero-order valence-electron chi connectivity index (χ0n) is 13.0. The average molecular weight is 335 g/mol. The SMILES string of the molecule is O=C(N/N=C(/c1ccccc1)c1ccc([N+](=O)[O-])cc1)c1ccco1. The molecule has 0 bridgehead atoms. The highest BCUT2D eigenvalue weighted by atomic mass is 16.6. The van der Waals surface area contributed by atoms with Gasteiger partial charge in [0.15, 0.2) is 5.76 Å². The maximum atomic E-state index is 12.0. The number of nitrogens with zero attached hydrogens (tertiary/aromatic N) is 2. The first-order chi connectivity index (χ1) is 12.1. The third-order valence-electron chi connectivity index (χ3n) is 3.41. The molecule has 7 heteroatoms. The lowest BCUT2D eigenvalue weighted by Crippen LogP contribution is -2.20. The molecule has 1 N–H and O–H groups in total. The molecule has 0 atom stereocenters. The predicted molar refractivity (Wildman–Crippen MR) is 91.4 cm³/mol. The molecule has 0 fully saturated rings. The van der Waals surface area contributed by atoms with E-state index in [4.69, 9.17) is 4.42 Å². The predicted octanol–water partition coefficient (Wildman–Crippen LogP) is 3.37. The molecule has 0 unspecified atom stereocenters. The smallest absolute Gasteiger partial charge is 0.307 e. The van der Waals surface area contributed by atoms with Gasteiger partial charge in [0.25, 0.3) is 5.69 Å². The number of rotatable bonds is 5. The quantitative estimate of drug-likeness (QED) is 0.439. The number of hydrazone groups is 1. The molecule has 1 aromatic heterocycles. The molecule has 3 rings (SSSR count). The average Bonchev–Trinajstić information content (AvgIpc) is 3.18. The fourth-order valence-electron chi connectivity index (χ4n) is 2.20. The monoisotopic (exact) mass is 335 g/mol. The van der Waals surface area contributed by atoms with Gasteiger partial charge in [0.05, 0.1) is 16.9 Å². The van der Waals surface area contributed by atoms with Crippen molar-refractivity contribution in [1.82, 2.24) is 5.43 Å². The van der Waals surface area contributed by atoms with Crippen LogP contribution in [0.1, 0.15) is 21.7 Å². The van der Waals surface area contributed by atoms with Gasteiger partial charge in [-0.25, -0.2) is 5.43 Å². The lowest BCUT2D eigenvalue weighted by atomic mass is 10.0. The standard InChI is InChI=1S/C18H13N3O4/c22-18(16-7-4-12-25-16)20-19-17(13-5-2-1-3-6-13)14-8-10-15(11-9-14)21(23)24/h1-12H,(H,20,22)/b19-17-. The second kappa shape index (κ2) is 7.22. The summed E-state index contributed by atoms with van der Waals surface area (Å²) in [5, 5.41) is 15.0. The van der Waals surface area contributed by atoms with Crippen LogP contribution in [0.5, 0.6) is 0 Å². The first-order valence-electron chi connectivity index (χ1n) is 7.37. The Morgan fingerprint density at radius 1 is 0.960 bits per heavy atom. The largest absolute Gasteiger partial charge is 0.459 e. The summed E-state index contributed by atoms with van der Waals surface area (Å²) in [5.41, 5.74) is 4.30. The van der Waals surface area contributed by atoms with Gasteiger partial charge in [-0.1, -0.05) is 30.3 Å². The number of amides is 1. The second-order valence-electron chi connectivity index (χ2n) is 5.05. The van der Waals surface area contributed by atoms with E-state index in [0.717, 1.165) is 5.56 Å². The van der Waals surface area contributed by atoms with E-state index in [1.54, 1.807) is 18.2 Å². The number of carbonyl (C=O) groups excluding carboxylic acids is 1. The third kappa shape index (κ3) is 3.78. The molecule has 3 aromatic rings. The Morgan fingerprint density at radius 3 is 2.24 bits per heavy atom. The van der Waals surface area contributed by atoms with Crippen LogP contribution in [0.4, 0.5) is 5.69 Å². The lowest BCUT2D eigenvalue weighted by molar-refractivity contribution is -0.384. The Bertz CT molecular complexity index is 901. The Hall–Kier alpha value is -3.74. The van der Waals surface area contributed by atoms with Crippen molar-refractivity contribution >= 4 is 17.3 Å². The highest BCUT2D eigenvalue weighted by molar-refractivity contribution is 6.13. The molecule has 0 radical (unpaired) electrons. The number of nitrogens with one attached hydrogen (secondary N) is 1. The van der Waals surface area contributed by atoms with Crippen molar-refractivity contribution in [3.63, 3.8) is 0 Å². The van der Waals surface area contributed by atoms with Gasteiger partial charge in [-0.05, 0) is 24.3 Å². The zero-order valence-corrected chi connectivity index (χ0v) is 13.0. The molecule has 0 aliphatic carbocycles. The number of non-ortho nitro benzene ring substituents is 1. The Balaban J connectivity index is 1.94. The van der Waals surface area contributed by atoms with Gasteiger partial charge < -0.3 is 4.42 Å². The first-order valence-corrected chi connectivity index (χ1v) is 7.37. The van der Waals surface area contributed by atoms with Gasteiger partial charge in [-0.3, -0.25) is 14.9 Å². The van der Waals surface area contributed by atoms with Gasteiger partial charge in [-0.15, -0.1) is 0 Å². The summed E-state index contributed by atoms with van der Waals surface area (Å²) in [6.45, 7) is 0. The van der Waals surface area contributed by atoms with Gasteiger partial charge in [-0.2, -0.15) is 5.10 Å². The summed E-state index contributed by atoms with van der Waals surface area (Å²) < 4.78 is 5.02. The summed E-state index contributed by atoms with van der Waals surface area (Å²) in [7, 11) is 0. The summed E-state index contributed by atoms with van der Waals surface area (Å²) in [6, 6.07) is 18.3. The van der Waals surface area contributed by atoms with Crippen molar-refractivity contribution in [2.45, 2.75) is 0 Å². The van der Waals surface area contributed by atoms with Crippen LogP contribution in [0.3, 0.4) is 0 Å². The molecule has 1 heterocycles. The topological polar surface area (TPSA) is 97.7 Å². The number of hydrogen-bond acceptors (Lipinski definition) is 5. The van der Waals surface area contributed by atoms with E-state index in [-0.39, 0.29) is 11.4 Å². The molecule has 0 aliphatic heterocycles. The van der Waals surface area contributed by atoms with Gasteiger partial charge in [0.1, 0.15) is 0 Å². The third-order valence-corrected chi connectivity index (χ3v) is 3.41. The van der Waals surface area contributed by atoms with Crippen LogP contribution in [0.25, 0.3) is 0 Å². The molecule has 25 heavy (non-hydrogen) atoms. The second-order valence-corrected chi connectivity index (χ2v) is 5.05. The zero-order chi connectivity index (χ0) is 17.6.